The summed E-state index contributed by atoms with van der Waals surface area (Å²) < 4.78 is 10.7. The molecule has 0 radical (unpaired) electrons. The number of hydrogen-bond acceptors (Lipinski definition) is 7. The van der Waals surface area contributed by atoms with Crippen LogP contribution in [0.15, 0.2) is 47.0 Å². The van der Waals surface area contributed by atoms with Crippen molar-refractivity contribution in [1.29, 1.82) is 0 Å². The molecule has 190 valence electrons. The van der Waals surface area contributed by atoms with Crippen LogP contribution in [0.2, 0.25) is 0 Å². The first-order chi connectivity index (χ1) is 17.5. The summed E-state index contributed by atoms with van der Waals surface area (Å²) in [5, 5.41) is 4.15. The fraction of sp³-hybridized carbons (Fsp3) is 0.464. The number of amides is 1. The summed E-state index contributed by atoms with van der Waals surface area (Å²) in [7, 11) is 1.64. The maximum absolute atomic E-state index is 13.4. The molecule has 2 aliphatic heterocycles. The number of aromatic nitrogens is 2. The average Bonchev–Trinajstić information content (AvgIpc) is 3.38. The van der Waals surface area contributed by atoms with E-state index in [-0.39, 0.29) is 11.8 Å². The third-order valence-corrected chi connectivity index (χ3v) is 7.54. The largest absolute Gasteiger partial charge is 0.497 e. The maximum Gasteiger partial charge on any atom is 0.241 e. The highest BCUT2D eigenvalue weighted by molar-refractivity contribution is 5.79. The molecule has 0 N–H and O–H groups in total. The fourth-order valence-corrected chi connectivity index (χ4v) is 5.27. The van der Waals surface area contributed by atoms with Crippen molar-refractivity contribution in [3.8, 4) is 17.1 Å². The Morgan fingerprint density at radius 1 is 1.06 bits per heavy atom. The first-order valence-electron chi connectivity index (χ1n) is 12.8. The number of carbonyl (C=O) groups excluding carboxylic acids is 1. The number of rotatable bonds is 6. The fourth-order valence-electron chi connectivity index (χ4n) is 5.27. The van der Waals surface area contributed by atoms with Crippen LogP contribution >= 0.6 is 0 Å². The Hall–Kier alpha value is -3.39. The molecule has 0 bridgehead atoms. The van der Waals surface area contributed by atoms with Gasteiger partial charge in [0.15, 0.2) is 0 Å². The van der Waals surface area contributed by atoms with Gasteiger partial charge in [-0.2, -0.15) is 4.98 Å². The lowest BCUT2D eigenvalue weighted by Gasteiger charge is -2.40. The highest BCUT2D eigenvalue weighted by Gasteiger charge is 2.32. The van der Waals surface area contributed by atoms with E-state index in [1.807, 2.05) is 24.3 Å². The summed E-state index contributed by atoms with van der Waals surface area (Å²) in [6, 6.07) is 14.1. The van der Waals surface area contributed by atoms with Gasteiger partial charge in [0, 0.05) is 44.0 Å². The second-order valence-electron chi connectivity index (χ2n) is 9.85. The Kier molecular flexibility index (Phi) is 7.23. The molecule has 0 saturated carbocycles. The molecule has 8 nitrogen and oxygen atoms in total. The standard InChI is InChI=1S/C28H35N5O3/c1-20-6-4-8-25(21(20)2)32-14-16-33(17-15-32)28(34)23-7-5-13-31(18-23)19-26-29-27(30-36-26)22-9-11-24(35-3)12-10-22/h4,6,8-12,23H,5,7,13-19H2,1-3H3. The maximum atomic E-state index is 13.4. The lowest BCUT2D eigenvalue weighted by Crippen LogP contribution is -2.52. The number of anilines is 1. The summed E-state index contributed by atoms with van der Waals surface area (Å²) in [6.45, 7) is 9.87. The Bertz CT molecular complexity index is 1180. The highest BCUT2D eigenvalue weighted by Crippen LogP contribution is 2.26. The summed E-state index contributed by atoms with van der Waals surface area (Å²) in [4.78, 5) is 24.7. The van der Waals surface area contributed by atoms with Crippen molar-refractivity contribution < 1.29 is 14.1 Å². The molecular weight excluding hydrogens is 454 g/mol. The summed E-state index contributed by atoms with van der Waals surface area (Å²) in [5.74, 6) is 2.24. The lowest BCUT2D eigenvalue weighted by molar-refractivity contribution is -0.137. The number of likely N-dealkylation sites (tertiary alicyclic amines) is 1. The molecule has 2 aliphatic rings. The van der Waals surface area contributed by atoms with Crippen LogP contribution in [0, 0.1) is 19.8 Å². The number of methoxy groups -OCH3 is 1. The molecule has 2 saturated heterocycles. The Morgan fingerprint density at radius 3 is 2.58 bits per heavy atom. The Morgan fingerprint density at radius 2 is 1.83 bits per heavy atom. The van der Waals surface area contributed by atoms with Gasteiger partial charge >= 0.3 is 0 Å². The zero-order valence-corrected chi connectivity index (χ0v) is 21.4. The number of benzene rings is 2. The van der Waals surface area contributed by atoms with Crippen LogP contribution in [0.5, 0.6) is 5.75 Å². The number of ether oxygens (including phenoxy) is 1. The van der Waals surface area contributed by atoms with E-state index >= 15 is 0 Å². The summed E-state index contributed by atoms with van der Waals surface area (Å²) >= 11 is 0. The molecule has 0 spiro atoms. The zero-order chi connectivity index (χ0) is 25.1. The van der Waals surface area contributed by atoms with Crippen LogP contribution in [0.4, 0.5) is 5.69 Å². The van der Waals surface area contributed by atoms with E-state index in [0.717, 1.165) is 63.4 Å². The molecule has 2 fully saturated rings. The Labute approximate surface area is 212 Å². The second-order valence-corrected chi connectivity index (χ2v) is 9.85. The van der Waals surface area contributed by atoms with Crippen molar-refractivity contribution >= 4 is 11.6 Å². The Balaban J connectivity index is 1.15. The molecule has 2 aromatic carbocycles. The smallest absolute Gasteiger partial charge is 0.241 e. The number of carbonyl (C=O) groups is 1. The minimum atomic E-state index is 0.0231. The first-order valence-corrected chi connectivity index (χ1v) is 12.8. The van der Waals surface area contributed by atoms with Gasteiger partial charge in [-0.05, 0) is 74.7 Å². The molecule has 5 rings (SSSR count). The normalized spacial score (nSPS) is 18.9. The van der Waals surface area contributed by atoms with Gasteiger partial charge in [-0.3, -0.25) is 9.69 Å². The van der Waals surface area contributed by atoms with Gasteiger partial charge in [0.2, 0.25) is 17.6 Å². The number of piperazine rings is 1. The van der Waals surface area contributed by atoms with Crippen LogP contribution < -0.4 is 9.64 Å². The van der Waals surface area contributed by atoms with Crippen molar-refractivity contribution in [2.45, 2.75) is 33.2 Å². The molecule has 3 aromatic rings. The molecule has 1 atom stereocenters. The molecular formula is C28H35N5O3. The van der Waals surface area contributed by atoms with Crippen LogP contribution in [0.3, 0.4) is 0 Å². The number of nitrogens with zero attached hydrogens (tertiary/aromatic N) is 5. The van der Waals surface area contributed by atoms with Crippen molar-refractivity contribution in [2.24, 2.45) is 5.92 Å². The third kappa shape index (κ3) is 5.23. The van der Waals surface area contributed by atoms with Gasteiger partial charge in [0.1, 0.15) is 5.75 Å². The summed E-state index contributed by atoms with van der Waals surface area (Å²) in [6.07, 6.45) is 1.94. The average molecular weight is 490 g/mol. The highest BCUT2D eigenvalue weighted by atomic mass is 16.5. The first kappa shape index (κ1) is 24.3. The van der Waals surface area contributed by atoms with E-state index in [1.54, 1.807) is 7.11 Å². The van der Waals surface area contributed by atoms with Crippen molar-refractivity contribution in [3.05, 3.63) is 59.5 Å². The van der Waals surface area contributed by atoms with Crippen LogP contribution in [-0.4, -0.2) is 72.2 Å². The van der Waals surface area contributed by atoms with Crippen molar-refractivity contribution in [1.82, 2.24) is 19.9 Å². The molecule has 0 aliphatic carbocycles. The van der Waals surface area contributed by atoms with Crippen LogP contribution in [0.25, 0.3) is 11.4 Å². The van der Waals surface area contributed by atoms with E-state index in [0.29, 0.717) is 18.3 Å². The number of aryl methyl sites for hydroxylation is 1. The van der Waals surface area contributed by atoms with Crippen molar-refractivity contribution in [2.75, 3.05) is 51.3 Å². The van der Waals surface area contributed by atoms with E-state index in [9.17, 15) is 4.79 Å². The SMILES string of the molecule is COc1ccc(-c2noc(CN3CCCC(C(=O)N4CCN(c5cccc(C)c5C)CC4)C3)n2)cc1. The molecule has 36 heavy (non-hydrogen) atoms. The quantitative estimate of drug-likeness (QED) is 0.519. The topological polar surface area (TPSA) is 74.9 Å². The van der Waals surface area contributed by atoms with E-state index in [4.69, 9.17) is 9.26 Å². The van der Waals surface area contributed by atoms with E-state index < -0.39 is 0 Å². The van der Waals surface area contributed by atoms with Gasteiger partial charge in [0.25, 0.3) is 0 Å². The molecule has 3 heterocycles. The van der Waals surface area contributed by atoms with Gasteiger partial charge < -0.3 is 19.1 Å². The third-order valence-electron chi connectivity index (χ3n) is 7.54. The molecule has 1 amide bonds. The van der Waals surface area contributed by atoms with E-state index in [1.165, 1.54) is 16.8 Å². The lowest BCUT2D eigenvalue weighted by atomic mass is 9.96. The zero-order valence-electron chi connectivity index (χ0n) is 21.4. The minimum Gasteiger partial charge on any atom is -0.497 e. The van der Waals surface area contributed by atoms with Gasteiger partial charge in [0.05, 0.1) is 19.6 Å². The molecule has 8 heteroatoms. The van der Waals surface area contributed by atoms with Gasteiger partial charge in [-0.25, -0.2) is 0 Å². The van der Waals surface area contributed by atoms with Gasteiger partial charge in [-0.1, -0.05) is 17.3 Å². The monoisotopic (exact) mass is 489 g/mol. The molecule has 1 unspecified atom stereocenters. The van der Waals surface area contributed by atoms with Crippen LogP contribution in [0.1, 0.15) is 29.9 Å². The molecule has 1 aromatic heterocycles. The summed E-state index contributed by atoms with van der Waals surface area (Å²) in [5.41, 5.74) is 4.82. The second kappa shape index (κ2) is 10.7. The van der Waals surface area contributed by atoms with Crippen molar-refractivity contribution in [3.63, 3.8) is 0 Å². The predicted molar refractivity (Wildman–Crippen MR) is 139 cm³/mol. The number of piperidine rings is 1. The predicted octanol–water partition coefficient (Wildman–Crippen LogP) is 3.92. The van der Waals surface area contributed by atoms with Crippen LogP contribution in [-0.2, 0) is 11.3 Å². The number of hydrogen-bond donors (Lipinski definition) is 0. The van der Waals surface area contributed by atoms with E-state index in [2.05, 4.69) is 56.9 Å². The van der Waals surface area contributed by atoms with Gasteiger partial charge in [-0.15, -0.1) is 0 Å². The minimum absolute atomic E-state index is 0.0231.